The largest absolute Gasteiger partial charge is 1.00 e. The number of hydrogen-bond donors (Lipinski definition) is 3. The Hall–Kier alpha value is -6.10. The molecule has 0 aliphatic heterocycles. The Labute approximate surface area is 466 Å². The molecule has 10 heteroatoms. The number of hydrogen-bond acceptors (Lipinski definition) is 6. The van der Waals surface area contributed by atoms with Crippen LogP contribution in [0.3, 0.4) is 0 Å². The Morgan fingerprint density at radius 3 is 0.600 bits per heavy atom. The van der Waals surface area contributed by atoms with Gasteiger partial charge in [-0.3, -0.25) is 0 Å². The van der Waals surface area contributed by atoms with Crippen molar-refractivity contribution in [1.29, 1.82) is 0 Å². The predicted molar refractivity (Wildman–Crippen MR) is 264 cm³/mol. The van der Waals surface area contributed by atoms with Crippen molar-refractivity contribution in [3.05, 3.63) is 218 Å². The van der Waals surface area contributed by atoms with Gasteiger partial charge in [-0.1, -0.05) is 200 Å². The van der Waals surface area contributed by atoms with Crippen molar-refractivity contribution in [3.63, 3.8) is 0 Å². The van der Waals surface area contributed by atoms with Crippen molar-refractivity contribution < 1.29 is 120 Å². The maximum atomic E-state index is 12.5. The molecule has 12 rings (SSSR count). The van der Waals surface area contributed by atoms with Crippen LogP contribution in [0, 0.1) is 0 Å². The van der Waals surface area contributed by atoms with Crippen LogP contribution in [0.2, 0.25) is 0 Å². The summed E-state index contributed by atoms with van der Waals surface area (Å²) in [6.07, 6.45) is 0. The third kappa shape index (κ3) is 10.2. The molecule has 0 bridgehead atoms. The molecule has 0 aliphatic carbocycles. The molecule has 12 aromatic rings. The molecule has 0 spiro atoms. The topological polar surface area (TPSA) is 130 Å². The van der Waals surface area contributed by atoms with E-state index in [9.17, 15) is 30.6 Å². The normalized spacial score (nSPS) is 10.5. The Kier molecular flexibility index (Phi) is 17.7. The van der Waals surface area contributed by atoms with Crippen LogP contribution < -0.4 is 71.9 Å². The average molecular weight is 966 g/mol. The van der Waals surface area contributed by atoms with E-state index < -0.39 is 0 Å². The summed E-state index contributed by atoms with van der Waals surface area (Å²) in [5.41, 5.74) is 3.52. The standard InChI is InChI=1S/3C20H14O2.3Li.Y/c3*21-17-11-9-13-5-1-3-7-15(13)19(17)20-16-8-4-2-6-14(16)10-12-18(20)22;;;;/h3*1-12,21-22H;;;;/q;;;3*+1;/p-3. The average Bonchev–Trinajstić information content (AvgIpc) is 3.35. The number of aromatic hydroxyl groups is 3. The minimum absolute atomic E-state index is 0. The minimum Gasteiger partial charge on any atom is -0.872 e. The van der Waals surface area contributed by atoms with E-state index >= 15 is 0 Å². The molecule has 321 valence electrons. The molecule has 0 fully saturated rings. The van der Waals surface area contributed by atoms with Gasteiger partial charge in [0.15, 0.2) is 0 Å². The molecular weight excluding hydrogens is 926 g/mol. The van der Waals surface area contributed by atoms with E-state index in [2.05, 4.69) is 0 Å². The Morgan fingerprint density at radius 1 is 0.214 bits per heavy atom. The second kappa shape index (κ2) is 23.2. The fourth-order valence-corrected chi connectivity index (χ4v) is 9.10. The zero-order valence-electron chi connectivity index (χ0n) is 38.9. The second-order valence-corrected chi connectivity index (χ2v) is 16.0. The Morgan fingerprint density at radius 2 is 0.386 bits per heavy atom. The predicted octanol–water partition coefficient (Wildman–Crippen LogP) is 4.33. The van der Waals surface area contributed by atoms with E-state index in [-0.39, 0.29) is 124 Å². The van der Waals surface area contributed by atoms with Gasteiger partial charge in [-0.15, -0.1) is 17.2 Å². The minimum atomic E-state index is -0.0784. The van der Waals surface area contributed by atoms with Crippen LogP contribution in [0.5, 0.6) is 34.5 Å². The number of fused-ring (bicyclic) bond motifs is 6. The van der Waals surface area contributed by atoms with Crippen LogP contribution in [-0.2, 0) is 32.7 Å². The van der Waals surface area contributed by atoms with Crippen molar-refractivity contribution in [2.45, 2.75) is 0 Å². The van der Waals surface area contributed by atoms with Gasteiger partial charge in [0, 0.05) is 49.4 Å². The monoisotopic (exact) mass is 965 g/mol. The van der Waals surface area contributed by atoms with Gasteiger partial charge in [0.1, 0.15) is 17.2 Å². The van der Waals surface area contributed by atoms with Gasteiger partial charge in [-0.25, -0.2) is 0 Å². The van der Waals surface area contributed by atoms with Gasteiger partial charge < -0.3 is 30.6 Å². The third-order valence-corrected chi connectivity index (χ3v) is 12.1. The molecule has 6 nitrogen and oxygen atoms in total. The van der Waals surface area contributed by atoms with Gasteiger partial charge in [0.25, 0.3) is 0 Å². The van der Waals surface area contributed by atoms with Crippen LogP contribution >= 0.6 is 0 Å². The molecule has 12 aromatic carbocycles. The summed E-state index contributed by atoms with van der Waals surface area (Å²) < 4.78 is 0. The van der Waals surface area contributed by atoms with Crippen molar-refractivity contribution in [2.75, 3.05) is 0 Å². The molecule has 0 atom stereocenters. The molecule has 0 unspecified atom stereocenters. The maximum Gasteiger partial charge on any atom is 1.00 e. The molecular formula is C60H39Li3O6Y. The van der Waals surface area contributed by atoms with Crippen molar-refractivity contribution >= 4 is 64.6 Å². The number of phenolic OH excluding ortho intramolecular Hbond substituents is 3. The summed E-state index contributed by atoms with van der Waals surface area (Å²) in [5, 5.41) is 80.0. The molecule has 0 saturated heterocycles. The summed E-state index contributed by atoms with van der Waals surface area (Å²) >= 11 is 0. The van der Waals surface area contributed by atoms with Crippen molar-refractivity contribution in [3.8, 4) is 67.9 Å². The summed E-state index contributed by atoms with van der Waals surface area (Å²) in [5.74, 6) is 0.160. The van der Waals surface area contributed by atoms with E-state index in [4.69, 9.17) is 0 Å². The Balaban J connectivity index is 0.000000167. The zero-order chi connectivity index (χ0) is 45.3. The number of phenols is 3. The summed E-state index contributed by atoms with van der Waals surface area (Å²) in [6, 6.07) is 67.3. The van der Waals surface area contributed by atoms with E-state index in [0.29, 0.717) is 33.4 Å². The smallest absolute Gasteiger partial charge is 0.872 e. The first kappa shape index (κ1) is 53.3. The first-order valence-electron chi connectivity index (χ1n) is 21.5. The van der Waals surface area contributed by atoms with Gasteiger partial charge in [-0.2, -0.15) is 0 Å². The third-order valence-electron chi connectivity index (χ3n) is 12.1. The molecule has 0 aliphatic rings. The number of rotatable bonds is 3. The molecule has 3 N–H and O–H groups in total. The van der Waals surface area contributed by atoms with Gasteiger partial charge in [0.05, 0.1) is 0 Å². The summed E-state index contributed by atoms with van der Waals surface area (Å²) in [4.78, 5) is 0. The van der Waals surface area contributed by atoms with Crippen LogP contribution in [0.25, 0.3) is 98.0 Å². The Bertz CT molecular complexity index is 3180. The van der Waals surface area contributed by atoms with Crippen LogP contribution in [0.4, 0.5) is 0 Å². The van der Waals surface area contributed by atoms with Crippen LogP contribution in [-0.4, -0.2) is 15.3 Å². The molecule has 0 aromatic heterocycles. The second-order valence-electron chi connectivity index (χ2n) is 16.0. The van der Waals surface area contributed by atoms with E-state index in [0.717, 1.165) is 64.6 Å². The molecule has 0 heterocycles. The summed E-state index contributed by atoms with van der Waals surface area (Å²) in [6.45, 7) is 0. The summed E-state index contributed by atoms with van der Waals surface area (Å²) in [7, 11) is 0. The first-order chi connectivity index (χ1) is 32.3. The first-order valence-corrected chi connectivity index (χ1v) is 21.5. The molecule has 70 heavy (non-hydrogen) atoms. The van der Waals surface area contributed by atoms with Crippen LogP contribution in [0.1, 0.15) is 0 Å². The van der Waals surface area contributed by atoms with Crippen molar-refractivity contribution in [1.82, 2.24) is 0 Å². The molecule has 0 saturated carbocycles. The van der Waals surface area contributed by atoms with E-state index in [1.165, 1.54) is 0 Å². The van der Waals surface area contributed by atoms with Crippen LogP contribution in [0.15, 0.2) is 218 Å². The van der Waals surface area contributed by atoms with Crippen molar-refractivity contribution in [2.24, 2.45) is 0 Å². The quantitative estimate of drug-likeness (QED) is 0.227. The van der Waals surface area contributed by atoms with E-state index in [1.54, 1.807) is 36.4 Å². The fourth-order valence-electron chi connectivity index (χ4n) is 9.10. The van der Waals surface area contributed by atoms with Gasteiger partial charge in [0.2, 0.25) is 0 Å². The van der Waals surface area contributed by atoms with Gasteiger partial charge in [-0.05, 0) is 99.5 Å². The zero-order valence-corrected chi connectivity index (χ0v) is 41.8. The molecule has 0 amide bonds. The SMILES string of the molecule is [Li+].[Li+].[Li+].[O-]c1ccc2ccccc2c1-c1c(O)ccc2ccccc12.[O-]c1ccc2ccccc2c1-c1c(O)ccc2ccccc12.[O-]c1ccc2ccccc2c1-c1c(O)ccc2ccccc12.[Y]. The molecule has 1 radical (unpaired) electrons. The number of benzene rings is 12. The maximum absolute atomic E-state index is 12.5. The van der Waals surface area contributed by atoms with E-state index in [1.807, 2.05) is 182 Å². The van der Waals surface area contributed by atoms with Gasteiger partial charge >= 0.3 is 56.6 Å². The fraction of sp³-hybridized carbons (Fsp3) is 0.